The van der Waals surface area contributed by atoms with Crippen LogP contribution < -0.4 is 11.1 Å². The molecule has 0 aromatic heterocycles. The number of nitrogens with one attached hydrogen (secondary N) is 1. The highest BCUT2D eigenvalue weighted by Crippen LogP contribution is 2.26. The Kier molecular flexibility index (Phi) is 24.4. The van der Waals surface area contributed by atoms with Crippen LogP contribution in [0.1, 0.15) is 125 Å². The maximum Gasteiger partial charge on any atom is 0.501 e. The first-order valence-electron chi connectivity index (χ1n) is 15.4. The van der Waals surface area contributed by atoms with E-state index in [9.17, 15) is 0 Å². The third kappa shape index (κ3) is 18.0. The summed E-state index contributed by atoms with van der Waals surface area (Å²) < 4.78 is 20.5. The second-order valence-electron chi connectivity index (χ2n) is 10.5. The minimum Gasteiger partial charge on any atom is -0.373 e. The van der Waals surface area contributed by atoms with E-state index in [-0.39, 0.29) is 0 Å². The summed E-state index contributed by atoms with van der Waals surface area (Å²) in [5, 5.41) is 3.45. The van der Waals surface area contributed by atoms with Gasteiger partial charge in [-0.15, -0.1) is 0 Å². The molecule has 5 nitrogen and oxygen atoms in total. The highest BCUT2D eigenvalue weighted by Gasteiger charge is 2.42. The van der Waals surface area contributed by atoms with Crippen LogP contribution in [0.25, 0.3) is 0 Å². The zero-order chi connectivity index (χ0) is 26.2. The van der Waals surface area contributed by atoms with Crippen molar-refractivity contribution in [1.29, 1.82) is 0 Å². The minimum absolute atomic E-state index is 0.591. The van der Waals surface area contributed by atoms with Crippen LogP contribution in [-0.4, -0.2) is 48.3 Å². The Morgan fingerprint density at radius 1 is 0.600 bits per heavy atom. The van der Waals surface area contributed by atoms with Gasteiger partial charge in [-0.25, -0.2) is 0 Å². The molecule has 0 rings (SSSR count). The molecular weight excluding hydrogens is 452 g/mol. The molecule has 212 valence electrons. The van der Waals surface area contributed by atoms with E-state index in [1.807, 2.05) is 0 Å². The van der Waals surface area contributed by atoms with Gasteiger partial charge in [0.15, 0.2) is 0 Å². The molecule has 0 fully saturated rings. The molecule has 0 aliphatic rings. The number of nitrogens with two attached hydrogens (primary N) is 1. The highest BCUT2D eigenvalue weighted by molar-refractivity contribution is 6.60. The lowest BCUT2D eigenvalue weighted by Crippen LogP contribution is -2.49. The smallest absolute Gasteiger partial charge is 0.373 e. The number of hydrogen-bond donors (Lipinski definition) is 2. The SMILES string of the molecule is CCCC[C@H](CC)CO[Si](CCCNCCN)(OC[C@@H](CC)CCCC)OC[C@@H](CC)CCCC. The van der Waals surface area contributed by atoms with Crippen LogP contribution in [0.2, 0.25) is 6.04 Å². The van der Waals surface area contributed by atoms with E-state index in [4.69, 9.17) is 19.0 Å². The summed E-state index contributed by atoms with van der Waals surface area (Å²) in [5.74, 6) is 1.77. The van der Waals surface area contributed by atoms with E-state index in [1.54, 1.807) is 0 Å². The Labute approximate surface area is 221 Å². The van der Waals surface area contributed by atoms with Crippen molar-refractivity contribution in [2.75, 3.05) is 39.5 Å². The first kappa shape index (κ1) is 35.0. The molecule has 0 aromatic carbocycles. The Hall–Kier alpha value is 0.0169. The van der Waals surface area contributed by atoms with Gasteiger partial charge in [0.2, 0.25) is 0 Å². The van der Waals surface area contributed by atoms with Gasteiger partial charge in [-0.05, 0) is 50.0 Å². The zero-order valence-corrected chi connectivity index (χ0v) is 25.7. The lowest BCUT2D eigenvalue weighted by Gasteiger charge is -2.34. The van der Waals surface area contributed by atoms with Crippen LogP contribution in [0.5, 0.6) is 0 Å². The molecule has 0 aliphatic carbocycles. The van der Waals surface area contributed by atoms with Crippen molar-refractivity contribution in [1.82, 2.24) is 5.32 Å². The fourth-order valence-electron chi connectivity index (χ4n) is 4.43. The van der Waals surface area contributed by atoms with Crippen molar-refractivity contribution < 1.29 is 13.3 Å². The van der Waals surface area contributed by atoms with E-state index in [0.29, 0.717) is 24.3 Å². The fraction of sp³-hybridized carbons (Fsp3) is 1.00. The summed E-state index contributed by atoms with van der Waals surface area (Å²) in [7, 11) is -2.78. The maximum absolute atomic E-state index is 6.83. The molecule has 0 saturated heterocycles. The third-order valence-corrected chi connectivity index (χ3v) is 10.2. The first-order chi connectivity index (χ1) is 17.0. The topological polar surface area (TPSA) is 65.7 Å². The summed E-state index contributed by atoms with van der Waals surface area (Å²) in [5.41, 5.74) is 5.68. The Balaban J connectivity index is 5.53. The van der Waals surface area contributed by atoms with Crippen molar-refractivity contribution in [2.24, 2.45) is 23.5 Å². The van der Waals surface area contributed by atoms with E-state index in [0.717, 1.165) is 64.6 Å². The normalized spacial score (nSPS) is 14.8. The summed E-state index contributed by atoms with van der Waals surface area (Å²) in [6.45, 7) is 18.5. The van der Waals surface area contributed by atoms with Crippen LogP contribution in [0, 0.1) is 17.8 Å². The van der Waals surface area contributed by atoms with Gasteiger partial charge in [0, 0.05) is 39.0 Å². The minimum atomic E-state index is -2.78. The lowest BCUT2D eigenvalue weighted by atomic mass is 10.0. The summed E-state index contributed by atoms with van der Waals surface area (Å²) in [6.07, 6.45) is 15.7. The molecule has 3 N–H and O–H groups in total. The van der Waals surface area contributed by atoms with Crippen molar-refractivity contribution >= 4 is 8.80 Å². The molecular formula is C29H64N2O3Si. The fourth-order valence-corrected chi connectivity index (χ4v) is 7.19. The van der Waals surface area contributed by atoms with Gasteiger partial charge >= 0.3 is 8.80 Å². The monoisotopic (exact) mass is 516 g/mol. The van der Waals surface area contributed by atoms with E-state index in [1.165, 1.54) is 57.8 Å². The third-order valence-electron chi connectivity index (χ3n) is 7.40. The molecule has 0 aromatic rings. The quantitative estimate of drug-likeness (QED) is 0.0871. The van der Waals surface area contributed by atoms with Crippen LogP contribution in [0.4, 0.5) is 0 Å². The van der Waals surface area contributed by atoms with Gasteiger partial charge in [-0.2, -0.15) is 0 Å². The van der Waals surface area contributed by atoms with Gasteiger partial charge in [-0.3, -0.25) is 0 Å². The summed E-state index contributed by atoms with van der Waals surface area (Å²) in [4.78, 5) is 0. The van der Waals surface area contributed by atoms with E-state index < -0.39 is 8.80 Å². The molecule has 6 heteroatoms. The van der Waals surface area contributed by atoms with Gasteiger partial charge < -0.3 is 24.3 Å². The molecule has 0 unspecified atom stereocenters. The van der Waals surface area contributed by atoms with E-state index in [2.05, 4.69) is 46.9 Å². The predicted molar refractivity (Wildman–Crippen MR) is 155 cm³/mol. The average Bonchev–Trinajstić information content (AvgIpc) is 2.88. The molecule has 0 heterocycles. The standard InChI is InChI=1S/C29H64N2O3Si/c1-7-13-17-27(10-4)24-32-35(23-16-21-31-22-20-30,33-25-28(11-5)18-14-8-2)34-26-29(12-6)19-15-9-3/h27-29,31H,7-26,30H2,1-6H3/t27-,28-,29-/m0/s1. The van der Waals surface area contributed by atoms with Crippen LogP contribution in [-0.2, 0) is 13.3 Å². The second-order valence-corrected chi connectivity index (χ2v) is 13.2. The Morgan fingerprint density at radius 2 is 1.00 bits per heavy atom. The first-order valence-corrected chi connectivity index (χ1v) is 17.3. The number of hydrogen-bond acceptors (Lipinski definition) is 5. The van der Waals surface area contributed by atoms with Gasteiger partial charge in [-0.1, -0.05) is 99.3 Å². The van der Waals surface area contributed by atoms with Crippen molar-refractivity contribution in [3.8, 4) is 0 Å². The van der Waals surface area contributed by atoms with Gasteiger partial charge in [0.05, 0.1) is 0 Å². The summed E-state index contributed by atoms with van der Waals surface area (Å²) in [6, 6.07) is 0.892. The average molecular weight is 517 g/mol. The van der Waals surface area contributed by atoms with Gasteiger partial charge in [0.25, 0.3) is 0 Å². The molecule has 0 bridgehead atoms. The summed E-state index contributed by atoms with van der Waals surface area (Å²) >= 11 is 0. The molecule has 0 aliphatic heterocycles. The van der Waals surface area contributed by atoms with Crippen LogP contribution in [0.15, 0.2) is 0 Å². The van der Waals surface area contributed by atoms with Crippen molar-refractivity contribution in [3.05, 3.63) is 0 Å². The predicted octanol–water partition coefficient (Wildman–Crippen LogP) is 7.56. The Morgan fingerprint density at radius 3 is 1.31 bits per heavy atom. The molecule has 35 heavy (non-hydrogen) atoms. The van der Waals surface area contributed by atoms with Crippen molar-refractivity contribution in [3.63, 3.8) is 0 Å². The zero-order valence-electron chi connectivity index (χ0n) is 24.7. The molecule has 0 amide bonds. The highest BCUT2D eigenvalue weighted by atomic mass is 28.4. The number of rotatable bonds is 27. The van der Waals surface area contributed by atoms with Crippen molar-refractivity contribution in [2.45, 2.75) is 131 Å². The molecule has 0 spiro atoms. The Bertz CT molecular complexity index is 392. The molecule has 3 atom stereocenters. The number of unbranched alkanes of at least 4 members (excludes halogenated alkanes) is 3. The largest absolute Gasteiger partial charge is 0.501 e. The second kappa shape index (κ2) is 24.4. The maximum atomic E-state index is 6.83. The molecule has 0 saturated carbocycles. The molecule has 0 radical (unpaired) electrons. The van der Waals surface area contributed by atoms with E-state index >= 15 is 0 Å². The van der Waals surface area contributed by atoms with Crippen LogP contribution in [0.3, 0.4) is 0 Å². The van der Waals surface area contributed by atoms with Gasteiger partial charge in [0.1, 0.15) is 0 Å². The lowest BCUT2D eigenvalue weighted by molar-refractivity contribution is 0.0241. The van der Waals surface area contributed by atoms with Crippen LogP contribution >= 0.6 is 0 Å².